The summed E-state index contributed by atoms with van der Waals surface area (Å²) in [7, 11) is 0. The number of nitrogens with zero attached hydrogens (tertiary/aromatic N) is 3. The van der Waals surface area contributed by atoms with Crippen LogP contribution in [0.25, 0.3) is 5.57 Å². The highest BCUT2D eigenvalue weighted by Crippen LogP contribution is 2.53. The second-order valence-corrected chi connectivity index (χ2v) is 5.81. The predicted octanol–water partition coefficient (Wildman–Crippen LogP) is 3.25. The lowest BCUT2D eigenvalue weighted by atomic mass is 9.73. The van der Waals surface area contributed by atoms with Crippen LogP contribution in [-0.4, -0.2) is 9.55 Å². The summed E-state index contributed by atoms with van der Waals surface area (Å²) in [5.41, 5.74) is 5.67. The van der Waals surface area contributed by atoms with Crippen LogP contribution < -0.4 is 0 Å². The fourth-order valence-electron chi connectivity index (χ4n) is 3.91. The van der Waals surface area contributed by atoms with E-state index in [2.05, 4.69) is 28.3 Å². The van der Waals surface area contributed by atoms with Crippen LogP contribution in [-0.2, 0) is 12.0 Å². The molecule has 0 amide bonds. The normalized spacial score (nSPS) is 23.4. The minimum Gasteiger partial charge on any atom is -0.334 e. The quantitative estimate of drug-likeness (QED) is 0.730. The molecule has 1 unspecified atom stereocenters. The Labute approximate surface area is 118 Å². The SMILES string of the molecule is C=C1CC2(CCCn3cncc32)c2ccc(C#N)cc21. The summed E-state index contributed by atoms with van der Waals surface area (Å²) >= 11 is 0. The Bertz CT molecular complexity index is 763. The molecule has 0 radical (unpaired) electrons. The van der Waals surface area contributed by atoms with Gasteiger partial charge in [-0.3, -0.25) is 0 Å². The van der Waals surface area contributed by atoms with Crippen molar-refractivity contribution in [3.05, 3.63) is 59.7 Å². The maximum absolute atomic E-state index is 9.09. The molecule has 3 nitrogen and oxygen atoms in total. The smallest absolute Gasteiger partial charge is 0.0991 e. The first kappa shape index (κ1) is 11.5. The summed E-state index contributed by atoms with van der Waals surface area (Å²) in [4.78, 5) is 4.34. The molecule has 4 rings (SSSR count). The molecule has 1 aliphatic carbocycles. The largest absolute Gasteiger partial charge is 0.334 e. The molecule has 2 aliphatic rings. The second kappa shape index (κ2) is 3.83. The van der Waals surface area contributed by atoms with Gasteiger partial charge in [-0.1, -0.05) is 12.6 Å². The number of aromatic nitrogens is 2. The molecule has 1 aromatic carbocycles. The van der Waals surface area contributed by atoms with E-state index in [1.54, 1.807) is 0 Å². The van der Waals surface area contributed by atoms with Gasteiger partial charge >= 0.3 is 0 Å². The van der Waals surface area contributed by atoms with Crippen molar-refractivity contribution in [1.82, 2.24) is 9.55 Å². The zero-order chi connectivity index (χ0) is 13.7. The second-order valence-electron chi connectivity index (χ2n) is 5.81. The zero-order valence-corrected chi connectivity index (χ0v) is 11.3. The van der Waals surface area contributed by atoms with Crippen LogP contribution in [0.15, 0.2) is 37.3 Å². The Hall–Kier alpha value is -2.34. The van der Waals surface area contributed by atoms with Gasteiger partial charge in [0.05, 0.1) is 18.0 Å². The van der Waals surface area contributed by atoms with Crippen LogP contribution in [0.5, 0.6) is 0 Å². The van der Waals surface area contributed by atoms with Crippen molar-refractivity contribution >= 4 is 5.57 Å². The first-order valence-corrected chi connectivity index (χ1v) is 6.98. The number of imidazole rings is 1. The number of aryl methyl sites for hydroxylation is 1. The predicted molar refractivity (Wildman–Crippen MR) is 77.0 cm³/mol. The highest BCUT2D eigenvalue weighted by Gasteiger charge is 2.45. The standard InChI is InChI=1S/C17H15N3/c1-12-8-17(5-2-6-20-11-19-10-16(17)20)15-4-3-13(9-18)7-14(12)15/h3-4,7,10-11H,1-2,5-6,8H2. The number of benzene rings is 1. The molecular formula is C17H15N3. The van der Waals surface area contributed by atoms with Gasteiger partial charge < -0.3 is 4.57 Å². The van der Waals surface area contributed by atoms with E-state index >= 15 is 0 Å². The van der Waals surface area contributed by atoms with E-state index < -0.39 is 0 Å². The van der Waals surface area contributed by atoms with Gasteiger partial charge in [-0.2, -0.15) is 5.26 Å². The van der Waals surface area contributed by atoms with E-state index in [0.29, 0.717) is 5.56 Å². The zero-order valence-electron chi connectivity index (χ0n) is 11.3. The van der Waals surface area contributed by atoms with Crippen molar-refractivity contribution in [1.29, 1.82) is 5.26 Å². The van der Waals surface area contributed by atoms with E-state index in [1.165, 1.54) is 16.8 Å². The highest BCUT2D eigenvalue weighted by atomic mass is 15.1. The summed E-state index contributed by atoms with van der Waals surface area (Å²) in [6.45, 7) is 5.29. The number of nitriles is 1. The van der Waals surface area contributed by atoms with E-state index in [4.69, 9.17) is 5.26 Å². The van der Waals surface area contributed by atoms with Gasteiger partial charge in [0.2, 0.25) is 0 Å². The summed E-state index contributed by atoms with van der Waals surface area (Å²) in [5.74, 6) is 0. The number of rotatable bonds is 0. The summed E-state index contributed by atoms with van der Waals surface area (Å²) in [6, 6.07) is 8.26. The van der Waals surface area contributed by atoms with Crippen LogP contribution in [0.2, 0.25) is 0 Å². The van der Waals surface area contributed by atoms with E-state index in [1.807, 2.05) is 24.7 Å². The average Bonchev–Trinajstić information content (AvgIpc) is 3.05. The minimum absolute atomic E-state index is 0.0230. The molecule has 1 spiro atoms. The molecule has 0 N–H and O–H groups in total. The highest BCUT2D eigenvalue weighted by molar-refractivity contribution is 5.77. The lowest BCUT2D eigenvalue weighted by Crippen LogP contribution is -2.32. The molecule has 0 fully saturated rings. The molecule has 20 heavy (non-hydrogen) atoms. The molecule has 1 atom stereocenters. The molecule has 0 saturated carbocycles. The summed E-state index contributed by atoms with van der Waals surface area (Å²) in [6.07, 6.45) is 7.18. The Morgan fingerprint density at radius 3 is 3.15 bits per heavy atom. The Morgan fingerprint density at radius 2 is 2.30 bits per heavy atom. The molecule has 1 aromatic heterocycles. The molecule has 0 saturated heterocycles. The van der Waals surface area contributed by atoms with Crippen LogP contribution in [0, 0.1) is 11.3 Å². The van der Waals surface area contributed by atoms with Crippen LogP contribution in [0.1, 0.15) is 41.6 Å². The molecule has 2 aromatic rings. The van der Waals surface area contributed by atoms with Crippen molar-refractivity contribution in [2.75, 3.05) is 0 Å². The molecule has 98 valence electrons. The fraction of sp³-hybridized carbons (Fsp3) is 0.294. The molecule has 2 heterocycles. The summed E-state index contributed by atoms with van der Waals surface area (Å²) < 4.78 is 2.27. The third-order valence-electron chi connectivity index (χ3n) is 4.77. The first-order valence-electron chi connectivity index (χ1n) is 6.98. The molecule has 3 heteroatoms. The maximum atomic E-state index is 9.09. The minimum atomic E-state index is 0.0230. The molecule has 0 bridgehead atoms. The van der Waals surface area contributed by atoms with Gasteiger partial charge in [0.1, 0.15) is 0 Å². The lowest BCUT2D eigenvalue weighted by Gasteiger charge is -2.35. The van der Waals surface area contributed by atoms with Gasteiger partial charge in [0.25, 0.3) is 0 Å². The van der Waals surface area contributed by atoms with Crippen molar-refractivity contribution < 1.29 is 0 Å². The number of allylic oxidation sites excluding steroid dienone is 1. The Kier molecular flexibility index (Phi) is 2.20. The summed E-state index contributed by atoms with van der Waals surface area (Å²) in [5, 5.41) is 9.09. The van der Waals surface area contributed by atoms with Crippen LogP contribution >= 0.6 is 0 Å². The van der Waals surface area contributed by atoms with E-state index in [9.17, 15) is 0 Å². The third-order valence-corrected chi connectivity index (χ3v) is 4.77. The van der Waals surface area contributed by atoms with Gasteiger partial charge in [-0.25, -0.2) is 4.98 Å². The Morgan fingerprint density at radius 1 is 1.40 bits per heavy atom. The monoisotopic (exact) mass is 261 g/mol. The van der Waals surface area contributed by atoms with Crippen LogP contribution in [0.3, 0.4) is 0 Å². The van der Waals surface area contributed by atoms with Crippen molar-refractivity contribution in [3.63, 3.8) is 0 Å². The maximum Gasteiger partial charge on any atom is 0.0991 e. The van der Waals surface area contributed by atoms with Gasteiger partial charge in [0, 0.05) is 23.9 Å². The molecule has 1 aliphatic heterocycles. The first-order chi connectivity index (χ1) is 9.74. The molecular weight excluding hydrogens is 246 g/mol. The lowest BCUT2D eigenvalue weighted by molar-refractivity contribution is 0.377. The number of hydrogen-bond donors (Lipinski definition) is 0. The van der Waals surface area contributed by atoms with Crippen molar-refractivity contribution in [2.24, 2.45) is 0 Å². The van der Waals surface area contributed by atoms with Gasteiger partial charge in [-0.05, 0) is 48.1 Å². The number of fused-ring (bicyclic) bond motifs is 4. The van der Waals surface area contributed by atoms with E-state index in [-0.39, 0.29) is 5.41 Å². The Balaban J connectivity index is 1.98. The van der Waals surface area contributed by atoms with Crippen molar-refractivity contribution in [3.8, 4) is 6.07 Å². The fourth-order valence-corrected chi connectivity index (χ4v) is 3.91. The topological polar surface area (TPSA) is 41.6 Å². The number of hydrogen-bond acceptors (Lipinski definition) is 2. The van der Waals surface area contributed by atoms with Crippen molar-refractivity contribution in [2.45, 2.75) is 31.2 Å². The average molecular weight is 261 g/mol. The third kappa shape index (κ3) is 1.31. The van der Waals surface area contributed by atoms with Gasteiger partial charge in [-0.15, -0.1) is 0 Å². The van der Waals surface area contributed by atoms with Gasteiger partial charge in [0.15, 0.2) is 0 Å². The van der Waals surface area contributed by atoms with E-state index in [0.717, 1.165) is 31.4 Å². The van der Waals surface area contributed by atoms with Crippen LogP contribution in [0.4, 0.5) is 0 Å².